The molecule has 1 aliphatic carbocycles. The Hall–Kier alpha value is -1.44. The first-order chi connectivity index (χ1) is 8.98. The highest BCUT2D eigenvalue weighted by molar-refractivity contribution is 5.09. The summed E-state index contributed by atoms with van der Waals surface area (Å²) in [7, 11) is 0. The van der Waals surface area contributed by atoms with Crippen molar-refractivity contribution in [1.29, 1.82) is 0 Å². The van der Waals surface area contributed by atoms with Crippen LogP contribution in [0.15, 0.2) is 15.8 Å². The van der Waals surface area contributed by atoms with E-state index < -0.39 is 29.2 Å². The summed E-state index contributed by atoms with van der Waals surface area (Å²) in [6.45, 7) is 1.32. The molecule has 0 radical (unpaired) electrons. The summed E-state index contributed by atoms with van der Waals surface area (Å²) in [5.41, 5.74) is -1.56. The van der Waals surface area contributed by atoms with E-state index in [0.717, 1.165) is 0 Å². The lowest BCUT2D eigenvalue weighted by Gasteiger charge is -2.30. The van der Waals surface area contributed by atoms with Crippen LogP contribution in [0.1, 0.15) is 24.6 Å². The van der Waals surface area contributed by atoms with Gasteiger partial charge >= 0.3 is 5.69 Å². The van der Waals surface area contributed by atoms with E-state index in [9.17, 15) is 19.8 Å². The molecule has 0 spiro atoms. The van der Waals surface area contributed by atoms with Crippen LogP contribution in [0.3, 0.4) is 0 Å². The van der Waals surface area contributed by atoms with Crippen molar-refractivity contribution in [3.05, 3.63) is 32.6 Å². The van der Waals surface area contributed by atoms with Gasteiger partial charge in [-0.25, -0.2) is 4.79 Å². The fourth-order valence-corrected chi connectivity index (χ4v) is 3.11. The predicted molar refractivity (Wildman–Crippen MR) is 64.7 cm³/mol. The van der Waals surface area contributed by atoms with E-state index in [-0.39, 0.29) is 12.5 Å². The topological polar surface area (TPSA) is 105 Å². The van der Waals surface area contributed by atoms with Crippen LogP contribution in [0.2, 0.25) is 0 Å². The van der Waals surface area contributed by atoms with Gasteiger partial charge in [-0.15, -0.1) is 0 Å². The minimum Gasteiger partial charge on any atom is -0.393 e. The summed E-state index contributed by atoms with van der Waals surface area (Å²) in [6, 6.07) is 0. The first-order valence-corrected chi connectivity index (χ1v) is 6.27. The van der Waals surface area contributed by atoms with Crippen LogP contribution >= 0.6 is 0 Å². The number of hydrogen-bond acceptors (Lipinski definition) is 5. The van der Waals surface area contributed by atoms with Gasteiger partial charge in [-0.3, -0.25) is 14.3 Å². The zero-order chi connectivity index (χ0) is 13.8. The second-order valence-electron chi connectivity index (χ2n) is 5.36. The van der Waals surface area contributed by atoms with Crippen LogP contribution in [0, 0.1) is 12.8 Å². The number of nitrogens with one attached hydrogen (secondary N) is 1. The Morgan fingerprint density at radius 1 is 1.58 bits per heavy atom. The fraction of sp³-hybridized carbons (Fsp3) is 0.667. The minimum absolute atomic E-state index is 0.241. The summed E-state index contributed by atoms with van der Waals surface area (Å²) in [5.74, 6) is -0.241. The molecule has 2 bridgehead atoms. The lowest BCUT2D eigenvalue weighted by Crippen LogP contribution is -2.41. The van der Waals surface area contributed by atoms with Gasteiger partial charge in [0.2, 0.25) is 0 Å². The highest BCUT2D eigenvalue weighted by atomic mass is 16.6. The molecule has 3 rings (SSSR count). The SMILES string of the molecule is Cc1cn([C@@H]2O[C@@]3(CO)CCC2[C@H]3O)c(=O)[nH]c1=O. The molecule has 0 amide bonds. The number of rotatable bonds is 2. The Morgan fingerprint density at radius 3 is 2.95 bits per heavy atom. The summed E-state index contributed by atoms with van der Waals surface area (Å²) in [6.07, 6.45) is 1.25. The van der Waals surface area contributed by atoms with Gasteiger partial charge in [0.05, 0.1) is 12.7 Å². The van der Waals surface area contributed by atoms with E-state index in [1.807, 2.05) is 0 Å². The zero-order valence-electron chi connectivity index (χ0n) is 10.5. The average Bonchev–Trinajstić information content (AvgIpc) is 2.85. The van der Waals surface area contributed by atoms with E-state index in [4.69, 9.17) is 4.74 Å². The number of aryl methyl sites for hydroxylation is 1. The summed E-state index contributed by atoms with van der Waals surface area (Å²) in [4.78, 5) is 25.4. The molecule has 1 aliphatic heterocycles. The van der Waals surface area contributed by atoms with Gasteiger partial charge in [0.25, 0.3) is 5.56 Å². The zero-order valence-corrected chi connectivity index (χ0v) is 10.5. The van der Waals surface area contributed by atoms with Crippen molar-refractivity contribution in [2.75, 3.05) is 6.61 Å². The standard InChI is InChI=1S/C12H16N2O5/c1-6-4-14(11(18)13-9(6)17)10-7-2-3-12(5-15,19-10)8(7)16/h4,7-8,10,15-16H,2-3,5H2,1H3,(H,13,17,18)/t7?,8-,10-,12-/m1/s1. The maximum Gasteiger partial charge on any atom is 0.330 e. The Kier molecular flexibility index (Phi) is 2.67. The normalized spacial score (nSPS) is 36.9. The van der Waals surface area contributed by atoms with E-state index in [2.05, 4.69) is 4.98 Å². The largest absolute Gasteiger partial charge is 0.393 e. The molecular formula is C12H16N2O5. The molecule has 3 N–H and O–H groups in total. The van der Waals surface area contributed by atoms with Gasteiger partial charge in [0, 0.05) is 17.7 Å². The Morgan fingerprint density at radius 2 is 2.32 bits per heavy atom. The van der Waals surface area contributed by atoms with E-state index in [0.29, 0.717) is 18.4 Å². The highest BCUT2D eigenvalue weighted by Gasteiger charge is 2.59. The minimum atomic E-state index is -0.973. The van der Waals surface area contributed by atoms with Gasteiger partial charge in [0.1, 0.15) is 11.8 Å². The number of aromatic nitrogens is 2. The quantitative estimate of drug-likeness (QED) is 0.630. The third-order valence-corrected chi connectivity index (χ3v) is 4.25. The van der Waals surface area contributed by atoms with Gasteiger partial charge in [-0.1, -0.05) is 0 Å². The molecule has 0 aromatic carbocycles. The summed E-state index contributed by atoms with van der Waals surface area (Å²) in [5, 5.41) is 19.6. The lowest BCUT2D eigenvalue weighted by atomic mass is 10.0. The molecule has 7 nitrogen and oxygen atoms in total. The molecule has 2 heterocycles. The monoisotopic (exact) mass is 268 g/mol. The Balaban J connectivity index is 2.04. The number of aliphatic hydroxyl groups excluding tert-OH is 2. The molecule has 1 saturated heterocycles. The van der Waals surface area contributed by atoms with Gasteiger partial charge < -0.3 is 14.9 Å². The average molecular weight is 268 g/mol. The third-order valence-electron chi connectivity index (χ3n) is 4.25. The second kappa shape index (κ2) is 4.03. The number of hydrogen-bond donors (Lipinski definition) is 3. The smallest absolute Gasteiger partial charge is 0.330 e. The maximum atomic E-state index is 11.8. The number of aromatic amines is 1. The van der Waals surface area contributed by atoms with Crippen molar-refractivity contribution in [1.82, 2.24) is 9.55 Å². The number of H-pyrrole nitrogens is 1. The van der Waals surface area contributed by atoms with Gasteiger partial charge in [-0.2, -0.15) is 0 Å². The molecular weight excluding hydrogens is 252 g/mol. The van der Waals surface area contributed by atoms with Gasteiger partial charge in [-0.05, 0) is 19.8 Å². The summed E-state index contributed by atoms with van der Waals surface area (Å²) >= 11 is 0. The molecule has 4 atom stereocenters. The lowest BCUT2D eigenvalue weighted by molar-refractivity contribution is -0.140. The fourth-order valence-electron chi connectivity index (χ4n) is 3.11. The molecule has 1 saturated carbocycles. The van der Waals surface area contributed by atoms with Crippen LogP contribution < -0.4 is 11.2 Å². The van der Waals surface area contributed by atoms with Crippen molar-refractivity contribution in [3.63, 3.8) is 0 Å². The number of ether oxygens (including phenoxy) is 1. The predicted octanol–water partition coefficient (Wildman–Crippen LogP) is -1.12. The number of fused-ring (bicyclic) bond motifs is 2. The van der Waals surface area contributed by atoms with Crippen LogP contribution in [-0.4, -0.2) is 38.1 Å². The van der Waals surface area contributed by atoms with Crippen molar-refractivity contribution in [2.45, 2.75) is 37.7 Å². The number of nitrogens with zero attached hydrogens (tertiary/aromatic N) is 1. The maximum absolute atomic E-state index is 11.8. The van der Waals surface area contributed by atoms with E-state index in [1.165, 1.54) is 10.8 Å². The molecule has 104 valence electrons. The highest BCUT2D eigenvalue weighted by Crippen LogP contribution is 2.51. The van der Waals surface area contributed by atoms with E-state index >= 15 is 0 Å². The molecule has 2 fully saturated rings. The van der Waals surface area contributed by atoms with Gasteiger partial charge in [0.15, 0.2) is 0 Å². The first-order valence-electron chi connectivity index (χ1n) is 6.27. The van der Waals surface area contributed by atoms with Crippen molar-refractivity contribution >= 4 is 0 Å². The number of aliphatic hydroxyl groups is 2. The molecule has 19 heavy (non-hydrogen) atoms. The van der Waals surface area contributed by atoms with E-state index in [1.54, 1.807) is 6.92 Å². The Bertz CT molecular complexity index is 621. The van der Waals surface area contributed by atoms with Crippen molar-refractivity contribution in [2.24, 2.45) is 5.92 Å². The molecule has 1 unspecified atom stereocenters. The third kappa shape index (κ3) is 1.62. The molecule has 1 aromatic rings. The first kappa shape index (κ1) is 12.6. The molecule has 7 heteroatoms. The molecule has 2 aliphatic rings. The van der Waals surface area contributed by atoms with Crippen LogP contribution in [0.4, 0.5) is 0 Å². The molecule has 1 aromatic heterocycles. The Labute approximate surface area is 108 Å². The second-order valence-corrected chi connectivity index (χ2v) is 5.36. The van der Waals surface area contributed by atoms with Crippen LogP contribution in [0.25, 0.3) is 0 Å². The van der Waals surface area contributed by atoms with Crippen molar-refractivity contribution in [3.8, 4) is 0 Å². The van der Waals surface area contributed by atoms with Crippen molar-refractivity contribution < 1.29 is 14.9 Å². The van der Waals surface area contributed by atoms with Crippen LogP contribution in [0.5, 0.6) is 0 Å². The summed E-state index contributed by atoms with van der Waals surface area (Å²) < 4.78 is 7.00. The van der Waals surface area contributed by atoms with Crippen LogP contribution in [-0.2, 0) is 4.74 Å².